The van der Waals surface area contributed by atoms with Gasteiger partial charge in [0.15, 0.2) is 0 Å². The average Bonchev–Trinajstić information content (AvgIpc) is 2.66. The molecule has 0 aliphatic carbocycles. The van der Waals surface area contributed by atoms with E-state index in [0.717, 1.165) is 38.3 Å². The lowest BCUT2D eigenvalue weighted by Gasteiger charge is -2.38. The predicted molar refractivity (Wildman–Crippen MR) is 77.3 cm³/mol. The highest BCUT2D eigenvalue weighted by Crippen LogP contribution is 2.32. The minimum Gasteiger partial charge on any atom is -0.381 e. The third-order valence-electron chi connectivity index (χ3n) is 3.94. The quantitative estimate of drug-likeness (QED) is 0.886. The summed E-state index contributed by atoms with van der Waals surface area (Å²) in [6.07, 6.45) is 3.44. The van der Waals surface area contributed by atoms with Crippen molar-refractivity contribution in [3.05, 3.63) is 17.5 Å². The summed E-state index contributed by atoms with van der Waals surface area (Å²) in [7, 11) is 2.04. The van der Waals surface area contributed by atoms with Crippen molar-refractivity contribution in [2.75, 3.05) is 19.8 Å². The molecule has 2 heterocycles. The lowest BCUT2D eigenvalue weighted by atomic mass is 9.78. The standard InChI is InChI=1S/C15H27N3O/c1-12(2)16-10-15(6-5-7-19-11-15)9-14-8-13(3)17-18(14)4/h8,12,16H,5-7,9-11H2,1-4H3. The van der Waals surface area contributed by atoms with Crippen LogP contribution in [0.15, 0.2) is 6.07 Å². The lowest BCUT2D eigenvalue weighted by Crippen LogP contribution is -2.44. The number of ether oxygens (including phenoxy) is 1. The molecule has 1 fully saturated rings. The van der Waals surface area contributed by atoms with Gasteiger partial charge in [-0.25, -0.2) is 0 Å². The highest BCUT2D eigenvalue weighted by Gasteiger charge is 2.34. The van der Waals surface area contributed by atoms with Crippen LogP contribution in [-0.2, 0) is 18.2 Å². The summed E-state index contributed by atoms with van der Waals surface area (Å²) in [4.78, 5) is 0. The minimum absolute atomic E-state index is 0.225. The molecule has 1 aliphatic heterocycles. The Morgan fingerprint density at radius 2 is 2.32 bits per heavy atom. The van der Waals surface area contributed by atoms with Gasteiger partial charge < -0.3 is 10.1 Å². The van der Waals surface area contributed by atoms with E-state index in [9.17, 15) is 0 Å². The SMILES string of the molecule is Cc1cc(CC2(CNC(C)C)CCCOC2)n(C)n1. The Hall–Kier alpha value is -0.870. The van der Waals surface area contributed by atoms with E-state index in [1.165, 1.54) is 12.1 Å². The second kappa shape index (κ2) is 6.06. The van der Waals surface area contributed by atoms with Crippen LogP contribution in [0.2, 0.25) is 0 Å². The van der Waals surface area contributed by atoms with Crippen LogP contribution in [0.4, 0.5) is 0 Å². The van der Waals surface area contributed by atoms with E-state index in [2.05, 4.69) is 37.3 Å². The van der Waals surface area contributed by atoms with Crippen molar-refractivity contribution in [3.63, 3.8) is 0 Å². The molecule has 2 rings (SSSR count). The molecule has 0 aromatic carbocycles. The van der Waals surface area contributed by atoms with Gasteiger partial charge in [-0.3, -0.25) is 4.68 Å². The van der Waals surface area contributed by atoms with Gasteiger partial charge in [0.05, 0.1) is 12.3 Å². The molecule has 0 radical (unpaired) electrons. The summed E-state index contributed by atoms with van der Waals surface area (Å²) in [5.74, 6) is 0. The summed E-state index contributed by atoms with van der Waals surface area (Å²) in [5.41, 5.74) is 2.64. The second-order valence-corrected chi connectivity index (χ2v) is 6.27. The summed E-state index contributed by atoms with van der Waals surface area (Å²) < 4.78 is 7.78. The highest BCUT2D eigenvalue weighted by molar-refractivity contribution is 5.11. The second-order valence-electron chi connectivity index (χ2n) is 6.27. The molecule has 1 atom stereocenters. The van der Waals surface area contributed by atoms with Crippen LogP contribution >= 0.6 is 0 Å². The van der Waals surface area contributed by atoms with Gasteiger partial charge in [0.2, 0.25) is 0 Å². The van der Waals surface area contributed by atoms with E-state index >= 15 is 0 Å². The van der Waals surface area contributed by atoms with E-state index in [1.54, 1.807) is 0 Å². The third kappa shape index (κ3) is 3.80. The molecule has 0 amide bonds. The fraction of sp³-hybridized carbons (Fsp3) is 0.800. The fourth-order valence-corrected chi connectivity index (χ4v) is 2.89. The maximum atomic E-state index is 5.77. The van der Waals surface area contributed by atoms with Gasteiger partial charge in [-0.15, -0.1) is 0 Å². The first-order valence-corrected chi connectivity index (χ1v) is 7.31. The van der Waals surface area contributed by atoms with Crippen molar-refractivity contribution in [2.45, 2.75) is 46.1 Å². The van der Waals surface area contributed by atoms with Crippen LogP contribution in [0.1, 0.15) is 38.1 Å². The topological polar surface area (TPSA) is 39.1 Å². The van der Waals surface area contributed by atoms with Crippen LogP contribution in [0, 0.1) is 12.3 Å². The Labute approximate surface area is 116 Å². The number of aromatic nitrogens is 2. The number of nitrogens with zero attached hydrogens (tertiary/aromatic N) is 2. The van der Waals surface area contributed by atoms with Crippen LogP contribution < -0.4 is 5.32 Å². The molecule has 1 unspecified atom stereocenters. The van der Waals surface area contributed by atoms with E-state index in [0.29, 0.717) is 6.04 Å². The largest absolute Gasteiger partial charge is 0.381 e. The Bertz CT molecular complexity index is 406. The van der Waals surface area contributed by atoms with Crippen molar-refractivity contribution in [1.82, 2.24) is 15.1 Å². The van der Waals surface area contributed by atoms with E-state index in [1.807, 2.05) is 11.7 Å². The van der Waals surface area contributed by atoms with Gasteiger partial charge in [0.25, 0.3) is 0 Å². The molecule has 0 bridgehead atoms. The smallest absolute Gasteiger partial charge is 0.0596 e. The van der Waals surface area contributed by atoms with Crippen LogP contribution in [0.25, 0.3) is 0 Å². The Kier molecular flexibility index (Phi) is 4.63. The monoisotopic (exact) mass is 265 g/mol. The van der Waals surface area contributed by atoms with E-state index in [-0.39, 0.29) is 5.41 Å². The molecular weight excluding hydrogens is 238 g/mol. The van der Waals surface area contributed by atoms with Gasteiger partial charge in [-0.05, 0) is 32.3 Å². The molecule has 1 aromatic heterocycles. The molecule has 4 heteroatoms. The predicted octanol–water partition coefficient (Wildman–Crippen LogP) is 2.07. The number of nitrogens with one attached hydrogen (secondary N) is 1. The van der Waals surface area contributed by atoms with Crippen LogP contribution in [0.5, 0.6) is 0 Å². The first kappa shape index (κ1) is 14.5. The molecule has 0 spiro atoms. The number of aryl methyl sites for hydroxylation is 2. The van der Waals surface area contributed by atoms with Crippen molar-refractivity contribution in [3.8, 4) is 0 Å². The summed E-state index contributed by atoms with van der Waals surface area (Å²) >= 11 is 0. The maximum absolute atomic E-state index is 5.77. The third-order valence-corrected chi connectivity index (χ3v) is 3.94. The number of hydrogen-bond donors (Lipinski definition) is 1. The van der Waals surface area contributed by atoms with Crippen LogP contribution in [0.3, 0.4) is 0 Å². The summed E-state index contributed by atoms with van der Waals surface area (Å²) in [6, 6.07) is 2.72. The van der Waals surface area contributed by atoms with E-state index < -0.39 is 0 Å². The molecule has 19 heavy (non-hydrogen) atoms. The lowest BCUT2D eigenvalue weighted by molar-refractivity contribution is -0.00891. The van der Waals surface area contributed by atoms with Gasteiger partial charge in [0.1, 0.15) is 0 Å². The first-order chi connectivity index (χ1) is 9.01. The number of hydrogen-bond acceptors (Lipinski definition) is 3. The maximum Gasteiger partial charge on any atom is 0.0596 e. The number of rotatable bonds is 5. The summed E-state index contributed by atoms with van der Waals surface area (Å²) in [5, 5.41) is 8.05. The molecule has 0 saturated carbocycles. The normalized spacial score (nSPS) is 24.1. The zero-order valence-electron chi connectivity index (χ0n) is 12.7. The summed E-state index contributed by atoms with van der Waals surface area (Å²) in [6.45, 7) is 9.25. The Balaban J connectivity index is 2.10. The first-order valence-electron chi connectivity index (χ1n) is 7.31. The fourth-order valence-electron chi connectivity index (χ4n) is 2.89. The molecule has 1 saturated heterocycles. The van der Waals surface area contributed by atoms with Gasteiger partial charge in [0, 0.05) is 37.4 Å². The molecular formula is C15H27N3O. The molecule has 1 N–H and O–H groups in total. The zero-order valence-corrected chi connectivity index (χ0v) is 12.7. The minimum atomic E-state index is 0.225. The van der Waals surface area contributed by atoms with Gasteiger partial charge in [-0.2, -0.15) is 5.10 Å². The molecule has 4 nitrogen and oxygen atoms in total. The average molecular weight is 265 g/mol. The van der Waals surface area contributed by atoms with Crippen molar-refractivity contribution in [1.29, 1.82) is 0 Å². The molecule has 108 valence electrons. The Morgan fingerprint density at radius 3 is 2.84 bits per heavy atom. The molecule has 1 aromatic rings. The van der Waals surface area contributed by atoms with Gasteiger partial charge >= 0.3 is 0 Å². The Morgan fingerprint density at radius 1 is 1.53 bits per heavy atom. The van der Waals surface area contributed by atoms with Crippen molar-refractivity contribution < 1.29 is 4.74 Å². The van der Waals surface area contributed by atoms with Crippen LogP contribution in [-0.4, -0.2) is 35.6 Å². The van der Waals surface area contributed by atoms with Crippen molar-refractivity contribution in [2.24, 2.45) is 12.5 Å². The van der Waals surface area contributed by atoms with Crippen molar-refractivity contribution >= 4 is 0 Å². The highest BCUT2D eigenvalue weighted by atomic mass is 16.5. The molecule has 1 aliphatic rings. The van der Waals surface area contributed by atoms with Gasteiger partial charge in [-0.1, -0.05) is 13.8 Å². The zero-order chi connectivity index (χ0) is 13.9. The van der Waals surface area contributed by atoms with E-state index in [4.69, 9.17) is 4.74 Å².